The number of aromatic nitrogens is 4. The quantitative estimate of drug-likeness (QED) is 0.510. The molecule has 0 aliphatic carbocycles. The van der Waals surface area contributed by atoms with Crippen molar-refractivity contribution in [3.8, 4) is 0 Å². The second kappa shape index (κ2) is 8.19. The first-order chi connectivity index (χ1) is 14.1. The normalized spacial score (nSPS) is 10.8. The number of aryl methyl sites for hydroxylation is 1. The number of fused-ring (bicyclic) bond motifs is 1. The van der Waals surface area contributed by atoms with E-state index >= 15 is 0 Å². The van der Waals surface area contributed by atoms with Crippen LogP contribution in [0.2, 0.25) is 0 Å². The van der Waals surface area contributed by atoms with Crippen molar-refractivity contribution in [2.45, 2.75) is 19.9 Å². The number of nitrogens with zero attached hydrogens (tertiary/aromatic N) is 4. The Morgan fingerprint density at radius 3 is 2.62 bits per heavy atom. The molecule has 1 amide bonds. The molecule has 0 atom stereocenters. The molecular formula is C20H18N6O2S. The van der Waals surface area contributed by atoms with E-state index < -0.39 is 0 Å². The van der Waals surface area contributed by atoms with Crippen molar-refractivity contribution in [1.82, 2.24) is 19.6 Å². The minimum absolute atomic E-state index is 0.180. The highest BCUT2D eigenvalue weighted by molar-refractivity contribution is 7.20. The van der Waals surface area contributed by atoms with Crippen LogP contribution in [0.25, 0.3) is 4.96 Å². The van der Waals surface area contributed by atoms with Crippen LogP contribution in [0.4, 0.5) is 10.8 Å². The van der Waals surface area contributed by atoms with Gasteiger partial charge in [0.15, 0.2) is 0 Å². The molecular weight excluding hydrogens is 388 g/mol. The predicted octanol–water partition coefficient (Wildman–Crippen LogP) is 2.97. The van der Waals surface area contributed by atoms with Gasteiger partial charge < -0.3 is 10.6 Å². The van der Waals surface area contributed by atoms with Crippen molar-refractivity contribution in [1.29, 1.82) is 0 Å². The topological polar surface area (TPSA) is 101 Å². The molecule has 1 aromatic carbocycles. The van der Waals surface area contributed by atoms with E-state index in [1.807, 2.05) is 19.1 Å². The van der Waals surface area contributed by atoms with Gasteiger partial charge in [-0.15, -0.1) is 5.10 Å². The average Bonchev–Trinajstić information content (AvgIpc) is 3.17. The van der Waals surface area contributed by atoms with Gasteiger partial charge in [0.05, 0.1) is 0 Å². The minimum Gasteiger partial charge on any atom is -0.356 e. The van der Waals surface area contributed by atoms with E-state index in [4.69, 9.17) is 0 Å². The third kappa shape index (κ3) is 4.30. The number of hydrogen-bond donors (Lipinski definition) is 2. The summed E-state index contributed by atoms with van der Waals surface area (Å²) >= 11 is 1.33. The highest BCUT2D eigenvalue weighted by Crippen LogP contribution is 2.18. The van der Waals surface area contributed by atoms with Gasteiger partial charge in [0.1, 0.15) is 0 Å². The summed E-state index contributed by atoms with van der Waals surface area (Å²) in [5.41, 5.74) is 2.82. The van der Waals surface area contributed by atoms with Crippen LogP contribution in [0.5, 0.6) is 0 Å². The summed E-state index contributed by atoms with van der Waals surface area (Å²) in [5.74, 6) is -0.181. The van der Waals surface area contributed by atoms with Crippen LogP contribution in [0, 0.1) is 0 Å². The Balaban J connectivity index is 1.41. The number of rotatable bonds is 6. The van der Waals surface area contributed by atoms with Gasteiger partial charge >= 0.3 is 0 Å². The molecule has 0 saturated heterocycles. The van der Waals surface area contributed by atoms with E-state index in [2.05, 4.69) is 25.7 Å². The van der Waals surface area contributed by atoms with Crippen molar-refractivity contribution in [2.24, 2.45) is 0 Å². The minimum atomic E-state index is -0.181. The Morgan fingerprint density at radius 1 is 1.14 bits per heavy atom. The molecule has 0 unspecified atom stereocenters. The second-order valence-electron chi connectivity index (χ2n) is 6.28. The number of hydrogen-bond acceptors (Lipinski definition) is 7. The van der Waals surface area contributed by atoms with Gasteiger partial charge in [-0.1, -0.05) is 30.4 Å². The molecule has 0 saturated carbocycles. The van der Waals surface area contributed by atoms with Gasteiger partial charge in [-0.2, -0.15) is 4.52 Å². The zero-order chi connectivity index (χ0) is 20.2. The van der Waals surface area contributed by atoms with E-state index in [-0.39, 0.29) is 11.5 Å². The third-order valence-electron chi connectivity index (χ3n) is 4.26. The number of nitrogens with one attached hydrogen (secondary N) is 2. The molecule has 0 spiro atoms. The summed E-state index contributed by atoms with van der Waals surface area (Å²) in [7, 11) is 0. The summed E-state index contributed by atoms with van der Waals surface area (Å²) in [6.07, 6.45) is 3.95. The molecule has 146 valence electrons. The zero-order valence-corrected chi connectivity index (χ0v) is 16.4. The van der Waals surface area contributed by atoms with Gasteiger partial charge in [0.25, 0.3) is 11.5 Å². The highest BCUT2D eigenvalue weighted by Gasteiger charge is 2.09. The van der Waals surface area contributed by atoms with Gasteiger partial charge in [-0.05, 0) is 36.2 Å². The van der Waals surface area contributed by atoms with Crippen molar-refractivity contribution in [2.75, 3.05) is 10.6 Å². The van der Waals surface area contributed by atoms with Gasteiger partial charge in [0, 0.05) is 41.9 Å². The van der Waals surface area contributed by atoms with Crippen LogP contribution in [0.3, 0.4) is 0 Å². The summed E-state index contributed by atoms with van der Waals surface area (Å²) in [5, 5.41) is 10.9. The van der Waals surface area contributed by atoms with E-state index in [0.717, 1.165) is 11.3 Å². The van der Waals surface area contributed by atoms with Crippen LogP contribution in [-0.4, -0.2) is 25.5 Å². The second-order valence-corrected chi connectivity index (χ2v) is 7.24. The monoisotopic (exact) mass is 406 g/mol. The van der Waals surface area contributed by atoms with Crippen LogP contribution in [0.1, 0.15) is 28.5 Å². The van der Waals surface area contributed by atoms with E-state index in [9.17, 15) is 9.59 Å². The molecule has 3 aromatic heterocycles. The molecule has 4 aromatic rings. The van der Waals surface area contributed by atoms with Crippen molar-refractivity contribution >= 4 is 33.0 Å². The standard InChI is InChI=1S/C20H18N6O2S/c1-2-15-11-17(27)26-20(24-15)29-19(25-26)22-12-13-3-5-14(6-4-13)18(28)23-16-7-9-21-10-8-16/h3-11H,2,12H2,1H3,(H,22,25)(H,21,23,28). The van der Waals surface area contributed by atoms with E-state index in [0.29, 0.717) is 34.3 Å². The van der Waals surface area contributed by atoms with Gasteiger partial charge in [0.2, 0.25) is 10.1 Å². The molecule has 0 bridgehead atoms. The fourth-order valence-electron chi connectivity index (χ4n) is 2.70. The van der Waals surface area contributed by atoms with Crippen molar-refractivity contribution < 1.29 is 4.79 Å². The van der Waals surface area contributed by atoms with Crippen LogP contribution in [-0.2, 0) is 13.0 Å². The molecule has 0 fully saturated rings. The lowest BCUT2D eigenvalue weighted by Crippen LogP contribution is -2.15. The maximum absolute atomic E-state index is 12.3. The number of carbonyl (C=O) groups excluding carboxylic acids is 1. The van der Waals surface area contributed by atoms with Gasteiger partial charge in [-0.3, -0.25) is 14.6 Å². The van der Waals surface area contributed by atoms with Gasteiger partial charge in [-0.25, -0.2) is 4.98 Å². The number of anilines is 2. The fourth-order valence-corrected chi connectivity index (χ4v) is 3.52. The molecule has 0 radical (unpaired) electrons. The van der Waals surface area contributed by atoms with Crippen LogP contribution < -0.4 is 16.2 Å². The predicted molar refractivity (Wildman–Crippen MR) is 112 cm³/mol. The maximum Gasteiger partial charge on any atom is 0.275 e. The lowest BCUT2D eigenvalue weighted by molar-refractivity contribution is 0.102. The Hall–Kier alpha value is -3.59. The highest BCUT2D eigenvalue weighted by atomic mass is 32.1. The van der Waals surface area contributed by atoms with Crippen molar-refractivity contribution in [3.63, 3.8) is 0 Å². The first kappa shape index (κ1) is 18.8. The molecule has 0 aliphatic rings. The molecule has 2 N–H and O–H groups in total. The maximum atomic E-state index is 12.3. The molecule has 29 heavy (non-hydrogen) atoms. The Morgan fingerprint density at radius 2 is 1.90 bits per heavy atom. The van der Waals surface area contributed by atoms with Crippen LogP contribution in [0.15, 0.2) is 59.7 Å². The SMILES string of the molecule is CCc1cc(=O)n2nc(NCc3ccc(C(=O)Nc4ccncc4)cc3)sc2n1. The molecule has 4 rings (SSSR count). The summed E-state index contributed by atoms with van der Waals surface area (Å²) in [6.45, 7) is 2.47. The molecule has 3 heterocycles. The van der Waals surface area contributed by atoms with Crippen LogP contribution >= 0.6 is 11.3 Å². The third-order valence-corrected chi connectivity index (χ3v) is 5.12. The first-order valence-corrected chi connectivity index (χ1v) is 9.88. The van der Waals surface area contributed by atoms with E-state index in [1.165, 1.54) is 21.9 Å². The Kier molecular flexibility index (Phi) is 5.30. The average molecular weight is 406 g/mol. The number of benzene rings is 1. The zero-order valence-electron chi connectivity index (χ0n) is 15.6. The molecule has 0 aliphatic heterocycles. The number of carbonyl (C=O) groups is 1. The number of pyridine rings is 1. The van der Waals surface area contributed by atoms with E-state index in [1.54, 1.807) is 36.7 Å². The Bertz CT molecular complexity index is 1200. The smallest absolute Gasteiger partial charge is 0.275 e. The Labute approximate surface area is 170 Å². The fraction of sp³-hybridized carbons (Fsp3) is 0.150. The largest absolute Gasteiger partial charge is 0.356 e. The lowest BCUT2D eigenvalue weighted by atomic mass is 10.1. The molecule has 9 heteroatoms. The molecule has 8 nitrogen and oxygen atoms in total. The summed E-state index contributed by atoms with van der Waals surface area (Å²) < 4.78 is 1.30. The summed E-state index contributed by atoms with van der Waals surface area (Å²) in [4.78, 5) is 33.3. The van der Waals surface area contributed by atoms with Crippen molar-refractivity contribution in [3.05, 3.63) is 82.0 Å². The summed E-state index contributed by atoms with van der Waals surface area (Å²) in [6, 6.07) is 12.3. The number of amides is 1. The first-order valence-electron chi connectivity index (χ1n) is 9.06. The lowest BCUT2D eigenvalue weighted by Gasteiger charge is -2.06.